The minimum absolute atomic E-state index is 0.0539. The van der Waals surface area contributed by atoms with Gasteiger partial charge in [0, 0.05) is 18.2 Å². The van der Waals surface area contributed by atoms with E-state index in [1.54, 1.807) is 12.1 Å². The zero-order valence-electron chi connectivity index (χ0n) is 15.2. The number of hydrogen-bond acceptors (Lipinski definition) is 2. The first-order chi connectivity index (χ1) is 12.6. The molecule has 1 aromatic carbocycles. The zero-order valence-corrected chi connectivity index (χ0v) is 15.2. The lowest BCUT2D eigenvalue weighted by Gasteiger charge is -2.34. The molecule has 3 nitrogen and oxygen atoms in total. The van der Waals surface area contributed by atoms with Crippen LogP contribution in [0, 0.1) is 18.7 Å². The number of aryl methyl sites for hydroxylation is 1. The molecule has 136 valence electrons. The number of rotatable bonds is 4. The molecule has 2 fully saturated rings. The van der Waals surface area contributed by atoms with Gasteiger partial charge in [-0.1, -0.05) is 37.5 Å². The molecule has 2 aliphatic carbocycles. The van der Waals surface area contributed by atoms with E-state index in [0.717, 1.165) is 49.0 Å². The highest BCUT2D eigenvalue weighted by atomic mass is 19.1. The van der Waals surface area contributed by atoms with Crippen molar-refractivity contribution in [3.8, 4) is 0 Å². The summed E-state index contributed by atoms with van der Waals surface area (Å²) in [6.07, 6.45) is 8.29. The van der Waals surface area contributed by atoms with Crippen LogP contribution >= 0.6 is 0 Å². The van der Waals surface area contributed by atoms with Gasteiger partial charge in [0.05, 0.1) is 0 Å². The SMILES string of the molecule is Cc1ccc(N(C(=O)C2CC2c2cccc(F)c2)C2CCCCC2)nc1. The van der Waals surface area contributed by atoms with Crippen molar-refractivity contribution in [3.63, 3.8) is 0 Å². The second kappa shape index (κ2) is 7.18. The Bertz CT molecular complexity index is 783. The molecule has 2 atom stereocenters. The topological polar surface area (TPSA) is 33.2 Å². The first-order valence-corrected chi connectivity index (χ1v) is 9.64. The van der Waals surface area contributed by atoms with Crippen molar-refractivity contribution in [3.05, 3.63) is 59.5 Å². The minimum Gasteiger partial charge on any atom is -0.293 e. The second-order valence-electron chi connectivity index (χ2n) is 7.70. The van der Waals surface area contributed by atoms with Crippen LogP contribution in [0.4, 0.5) is 10.2 Å². The minimum atomic E-state index is -0.232. The van der Waals surface area contributed by atoms with Gasteiger partial charge < -0.3 is 0 Å². The van der Waals surface area contributed by atoms with Crippen molar-refractivity contribution in [1.29, 1.82) is 0 Å². The van der Waals surface area contributed by atoms with Gasteiger partial charge in [-0.2, -0.15) is 0 Å². The van der Waals surface area contributed by atoms with Crippen molar-refractivity contribution in [2.45, 2.75) is 57.4 Å². The van der Waals surface area contributed by atoms with Crippen molar-refractivity contribution in [2.24, 2.45) is 5.92 Å². The van der Waals surface area contributed by atoms with Crippen LogP contribution in [0.25, 0.3) is 0 Å². The van der Waals surface area contributed by atoms with Gasteiger partial charge in [-0.15, -0.1) is 0 Å². The van der Waals surface area contributed by atoms with E-state index in [1.807, 2.05) is 36.2 Å². The molecule has 4 rings (SSSR count). The smallest absolute Gasteiger partial charge is 0.232 e. The Morgan fingerprint density at radius 3 is 2.65 bits per heavy atom. The molecule has 0 radical (unpaired) electrons. The first kappa shape index (κ1) is 17.2. The highest BCUT2D eigenvalue weighted by molar-refractivity contribution is 5.97. The molecule has 1 heterocycles. The second-order valence-corrected chi connectivity index (χ2v) is 7.70. The Balaban J connectivity index is 1.57. The fraction of sp³-hybridized carbons (Fsp3) is 0.455. The molecule has 2 saturated carbocycles. The van der Waals surface area contributed by atoms with Gasteiger partial charge in [-0.3, -0.25) is 9.69 Å². The number of nitrogens with zero attached hydrogens (tertiary/aromatic N) is 2. The lowest BCUT2D eigenvalue weighted by molar-refractivity contribution is -0.120. The number of hydrogen-bond donors (Lipinski definition) is 0. The molecule has 0 saturated heterocycles. The lowest BCUT2D eigenvalue weighted by Crippen LogP contribution is -2.43. The average Bonchev–Trinajstić information content (AvgIpc) is 3.45. The third-order valence-electron chi connectivity index (χ3n) is 5.70. The molecule has 0 spiro atoms. The Morgan fingerprint density at radius 1 is 1.15 bits per heavy atom. The predicted octanol–water partition coefficient (Wildman–Crippen LogP) is 5.00. The quantitative estimate of drug-likeness (QED) is 0.776. The third-order valence-corrected chi connectivity index (χ3v) is 5.70. The number of carbonyl (C=O) groups is 1. The van der Waals surface area contributed by atoms with Gasteiger partial charge in [-0.25, -0.2) is 9.37 Å². The molecule has 2 aromatic rings. The van der Waals surface area contributed by atoms with Gasteiger partial charge in [0.2, 0.25) is 5.91 Å². The molecule has 26 heavy (non-hydrogen) atoms. The molecule has 0 N–H and O–H groups in total. The Hall–Kier alpha value is -2.23. The summed E-state index contributed by atoms with van der Waals surface area (Å²) in [5.74, 6) is 0.765. The van der Waals surface area contributed by atoms with Crippen LogP contribution in [-0.2, 0) is 4.79 Å². The van der Waals surface area contributed by atoms with E-state index in [4.69, 9.17) is 0 Å². The van der Waals surface area contributed by atoms with E-state index >= 15 is 0 Å². The van der Waals surface area contributed by atoms with Gasteiger partial charge >= 0.3 is 0 Å². The summed E-state index contributed by atoms with van der Waals surface area (Å²) in [6, 6.07) is 10.9. The Morgan fingerprint density at radius 2 is 1.96 bits per heavy atom. The standard InChI is InChI=1S/C22H25FN2O/c1-15-10-11-21(24-14-15)25(18-8-3-2-4-9-18)22(26)20-13-19(20)16-6-5-7-17(23)12-16/h5-7,10-12,14,18-20H,2-4,8-9,13H2,1H3. The van der Waals surface area contributed by atoms with Crippen LogP contribution in [0.2, 0.25) is 0 Å². The summed E-state index contributed by atoms with van der Waals surface area (Å²) in [6.45, 7) is 2.00. The van der Waals surface area contributed by atoms with E-state index in [0.29, 0.717) is 0 Å². The van der Waals surface area contributed by atoms with Crippen molar-refractivity contribution in [2.75, 3.05) is 4.90 Å². The Kier molecular flexibility index (Phi) is 4.75. The number of aromatic nitrogens is 1. The van der Waals surface area contributed by atoms with E-state index < -0.39 is 0 Å². The maximum Gasteiger partial charge on any atom is 0.232 e. The number of carbonyl (C=O) groups excluding carboxylic acids is 1. The number of benzene rings is 1. The normalized spacial score (nSPS) is 22.8. The summed E-state index contributed by atoms with van der Waals surface area (Å²) >= 11 is 0. The van der Waals surface area contributed by atoms with E-state index in [1.165, 1.54) is 12.5 Å². The predicted molar refractivity (Wildman–Crippen MR) is 101 cm³/mol. The third kappa shape index (κ3) is 3.50. The monoisotopic (exact) mass is 352 g/mol. The molecule has 1 aromatic heterocycles. The summed E-state index contributed by atoms with van der Waals surface area (Å²) < 4.78 is 13.5. The summed E-state index contributed by atoms with van der Waals surface area (Å²) in [7, 11) is 0. The van der Waals surface area contributed by atoms with Crippen LogP contribution in [0.5, 0.6) is 0 Å². The number of halogens is 1. The highest BCUT2D eigenvalue weighted by Crippen LogP contribution is 2.49. The number of pyridine rings is 1. The van der Waals surface area contributed by atoms with Crippen molar-refractivity contribution in [1.82, 2.24) is 4.98 Å². The molecule has 2 unspecified atom stereocenters. The van der Waals surface area contributed by atoms with Crippen LogP contribution in [0.3, 0.4) is 0 Å². The largest absolute Gasteiger partial charge is 0.293 e. The number of anilines is 1. The van der Waals surface area contributed by atoms with Crippen LogP contribution in [-0.4, -0.2) is 16.9 Å². The molecule has 0 aliphatic heterocycles. The molecular formula is C22H25FN2O. The average molecular weight is 352 g/mol. The summed E-state index contributed by atoms with van der Waals surface area (Å²) in [4.78, 5) is 19.8. The fourth-order valence-electron chi connectivity index (χ4n) is 4.17. The summed E-state index contributed by atoms with van der Waals surface area (Å²) in [5, 5.41) is 0. The van der Waals surface area contributed by atoms with Gasteiger partial charge in [-0.05, 0) is 61.4 Å². The molecule has 1 amide bonds. The van der Waals surface area contributed by atoms with Gasteiger partial charge in [0.15, 0.2) is 0 Å². The van der Waals surface area contributed by atoms with Crippen molar-refractivity contribution < 1.29 is 9.18 Å². The maximum atomic E-state index is 13.5. The van der Waals surface area contributed by atoms with E-state index in [-0.39, 0.29) is 29.6 Å². The zero-order chi connectivity index (χ0) is 18.1. The molecule has 4 heteroatoms. The van der Waals surface area contributed by atoms with E-state index in [2.05, 4.69) is 4.98 Å². The Labute approximate surface area is 154 Å². The molecule has 0 bridgehead atoms. The maximum absolute atomic E-state index is 13.5. The molecular weight excluding hydrogens is 327 g/mol. The van der Waals surface area contributed by atoms with Crippen LogP contribution < -0.4 is 4.90 Å². The summed E-state index contributed by atoms with van der Waals surface area (Å²) in [5.41, 5.74) is 2.03. The van der Waals surface area contributed by atoms with Gasteiger partial charge in [0.25, 0.3) is 0 Å². The first-order valence-electron chi connectivity index (χ1n) is 9.64. The van der Waals surface area contributed by atoms with Crippen LogP contribution in [0.15, 0.2) is 42.6 Å². The molecule has 2 aliphatic rings. The fourth-order valence-corrected chi connectivity index (χ4v) is 4.17. The van der Waals surface area contributed by atoms with Gasteiger partial charge in [0.1, 0.15) is 11.6 Å². The van der Waals surface area contributed by atoms with Crippen molar-refractivity contribution >= 4 is 11.7 Å². The van der Waals surface area contributed by atoms with E-state index in [9.17, 15) is 9.18 Å². The van der Waals surface area contributed by atoms with Crippen LogP contribution in [0.1, 0.15) is 55.6 Å². The number of amides is 1. The lowest BCUT2D eigenvalue weighted by atomic mass is 9.93. The highest BCUT2D eigenvalue weighted by Gasteiger charge is 2.47.